The average molecular weight is 371 g/mol. The highest BCUT2D eigenvalue weighted by atomic mass is 79.9. The van der Waals surface area contributed by atoms with Crippen LogP contribution in [0.4, 0.5) is 0 Å². The lowest BCUT2D eigenvalue weighted by molar-refractivity contribution is -0.121. The summed E-state index contributed by atoms with van der Waals surface area (Å²) in [6, 6.07) is 7.35. The summed E-state index contributed by atoms with van der Waals surface area (Å²) in [4.78, 5) is 13.9. The third kappa shape index (κ3) is 5.28. The second-order valence-electron chi connectivity index (χ2n) is 5.27. The molecular weight excluding hydrogens is 352 g/mol. The summed E-state index contributed by atoms with van der Waals surface area (Å²) in [7, 11) is 0. The summed E-state index contributed by atoms with van der Waals surface area (Å²) in [6.07, 6.45) is 2.23. The highest BCUT2D eigenvalue weighted by molar-refractivity contribution is 9.10. The van der Waals surface area contributed by atoms with Crippen LogP contribution in [0, 0.1) is 5.92 Å². The number of halogens is 1. The zero-order chi connectivity index (χ0) is 15.2. The van der Waals surface area contributed by atoms with Crippen LogP contribution < -0.4 is 10.1 Å². The van der Waals surface area contributed by atoms with Gasteiger partial charge in [0, 0.05) is 17.6 Å². The van der Waals surface area contributed by atoms with Crippen molar-refractivity contribution in [1.82, 2.24) is 10.2 Å². The predicted octanol–water partition coefficient (Wildman–Crippen LogP) is 2.96. The van der Waals surface area contributed by atoms with Crippen molar-refractivity contribution in [2.24, 2.45) is 5.92 Å². The number of nitrogens with one attached hydrogen (secondary N) is 1. The van der Waals surface area contributed by atoms with Crippen LogP contribution in [0.25, 0.3) is 0 Å². The van der Waals surface area contributed by atoms with Crippen molar-refractivity contribution in [1.29, 1.82) is 0 Å². The van der Waals surface area contributed by atoms with Crippen molar-refractivity contribution in [2.45, 2.75) is 19.8 Å². The second-order valence-corrected chi connectivity index (χ2v) is 6.57. The number of likely N-dealkylation sites (tertiary alicyclic amines) is 1. The smallest absolute Gasteiger partial charge is 0.264 e. The molecule has 0 aliphatic carbocycles. The topological polar surface area (TPSA) is 41.6 Å². The molecule has 21 heavy (non-hydrogen) atoms. The van der Waals surface area contributed by atoms with Gasteiger partial charge < -0.3 is 15.0 Å². The zero-order valence-electron chi connectivity index (χ0n) is 12.0. The van der Waals surface area contributed by atoms with Gasteiger partial charge in [0.2, 0.25) is 0 Å². The summed E-state index contributed by atoms with van der Waals surface area (Å²) >= 11 is 8.62. The number of amides is 1. The molecule has 4 nitrogen and oxygen atoms in total. The first kappa shape index (κ1) is 16.2. The lowest BCUT2D eigenvalue weighted by Crippen LogP contribution is -2.47. The molecule has 1 N–H and O–H groups in total. The quantitative estimate of drug-likeness (QED) is 0.830. The van der Waals surface area contributed by atoms with E-state index in [0.29, 0.717) is 10.9 Å². The Kier molecular flexibility index (Phi) is 5.99. The standard InChI is InChI=1S/C15H19BrN2O2S/c1-11-6-8-18(9-7-11)15(21)17-14(19)10-20-13-4-2-12(16)3-5-13/h2-5,11H,6-10H2,1H3,(H,17,19,21). The van der Waals surface area contributed by atoms with Crippen molar-refractivity contribution >= 4 is 39.2 Å². The Morgan fingerprint density at radius 1 is 1.38 bits per heavy atom. The summed E-state index contributed by atoms with van der Waals surface area (Å²) < 4.78 is 6.39. The molecule has 0 saturated carbocycles. The van der Waals surface area contributed by atoms with Crippen molar-refractivity contribution in [3.63, 3.8) is 0 Å². The van der Waals surface area contributed by atoms with E-state index < -0.39 is 0 Å². The van der Waals surface area contributed by atoms with E-state index in [-0.39, 0.29) is 12.5 Å². The van der Waals surface area contributed by atoms with E-state index in [9.17, 15) is 4.79 Å². The molecule has 1 fully saturated rings. The number of hydrogen-bond donors (Lipinski definition) is 1. The first-order valence-corrected chi connectivity index (χ1v) is 8.22. The largest absolute Gasteiger partial charge is 0.484 e. The minimum absolute atomic E-state index is 0.0357. The Labute approximate surface area is 139 Å². The maximum absolute atomic E-state index is 11.8. The molecule has 0 spiro atoms. The maximum Gasteiger partial charge on any atom is 0.264 e. The van der Waals surface area contributed by atoms with Gasteiger partial charge in [-0.2, -0.15) is 0 Å². The van der Waals surface area contributed by atoms with Gasteiger partial charge in [-0.25, -0.2) is 0 Å². The van der Waals surface area contributed by atoms with Crippen LogP contribution in [0.2, 0.25) is 0 Å². The van der Waals surface area contributed by atoms with Crippen molar-refractivity contribution in [3.05, 3.63) is 28.7 Å². The zero-order valence-corrected chi connectivity index (χ0v) is 14.4. The van der Waals surface area contributed by atoms with Gasteiger partial charge in [0.25, 0.3) is 5.91 Å². The molecule has 114 valence electrons. The van der Waals surface area contributed by atoms with E-state index in [1.165, 1.54) is 0 Å². The Bertz CT molecular complexity index is 499. The number of benzene rings is 1. The average Bonchev–Trinajstić information content (AvgIpc) is 2.47. The van der Waals surface area contributed by atoms with Crippen LogP contribution in [0.1, 0.15) is 19.8 Å². The van der Waals surface area contributed by atoms with E-state index in [1.54, 1.807) is 0 Å². The number of ether oxygens (including phenoxy) is 1. The predicted molar refractivity (Wildman–Crippen MR) is 90.3 cm³/mol. The van der Waals surface area contributed by atoms with Crippen molar-refractivity contribution < 1.29 is 9.53 Å². The molecule has 1 aromatic rings. The summed E-state index contributed by atoms with van der Waals surface area (Å²) in [5, 5.41) is 3.24. The van der Waals surface area contributed by atoms with Gasteiger partial charge in [-0.3, -0.25) is 4.79 Å². The summed E-state index contributed by atoms with van der Waals surface area (Å²) in [5.41, 5.74) is 0. The van der Waals surface area contributed by atoms with Crippen LogP contribution in [0.3, 0.4) is 0 Å². The molecule has 2 rings (SSSR count). The Morgan fingerprint density at radius 3 is 2.62 bits per heavy atom. The minimum Gasteiger partial charge on any atom is -0.484 e. The van der Waals surface area contributed by atoms with E-state index in [0.717, 1.165) is 36.3 Å². The lowest BCUT2D eigenvalue weighted by Gasteiger charge is -2.32. The molecule has 0 radical (unpaired) electrons. The van der Waals surface area contributed by atoms with E-state index in [1.807, 2.05) is 29.2 Å². The first-order valence-electron chi connectivity index (χ1n) is 7.01. The Hall–Kier alpha value is -1.14. The van der Waals surface area contributed by atoms with Gasteiger partial charge in [-0.1, -0.05) is 22.9 Å². The molecule has 1 heterocycles. The first-order chi connectivity index (χ1) is 10.0. The van der Waals surface area contributed by atoms with Crippen LogP contribution >= 0.6 is 28.1 Å². The van der Waals surface area contributed by atoms with Gasteiger partial charge in [-0.15, -0.1) is 0 Å². The van der Waals surface area contributed by atoms with Crippen molar-refractivity contribution in [2.75, 3.05) is 19.7 Å². The lowest BCUT2D eigenvalue weighted by atomic mass is 10.00. The molecule has 0 aromatic heterocycles. The molecule has 1 aliphatic heterocycles. The highest BCUT2D eigenvalue weighted by Gasteiger charge is 2.19. The van der Waals surface area contributed by atoms with E-state index >= 15 is 0 Å². The number of nitrogens with zero attached hydrogens (tertiary/aromatic N) is 1. The summed E-state index contributed by atoms with van der Waals surface area (Å²) in [5.74, 6) is 1.17. The SMILES string of the molecule is CC1CCN(C(=S)NC(=O)COc2ccc(Br)cc2)CC1. The molecule has 0 atom stereocenters. The molecule has 1 amide bonds. The minimum atomic E-state index is -0.221. The molecule has 1 aliphatic rings. The highest BCUT2D eigenvalue weighted by Crippen LogP contribution is 2.17. The number of hydrogen-bond acceptors (Lipinski definition) is 3. The number of carbonyl (C=O) groups excluding carboxylic acids is 1. The second kappa shape index (κ2) is 7.75. The van der Waals surface area contributed by atoms with E-state index in [4.69, 9.17) is 17.0 Å². The van der Waals surface area contributed by atoms with Gasteiger partial charge in [0.05, 0.1) is 0 Å². The fraction of sp³-hybridized carbons (Fsp3) is 0.467. The maximum atomic E-state index is 11.8. The fourth-order valence-electron chi connectivity index (χ4n) is 2.13. The molecule has 0 bridgehead atoms. The van der Waals surface area contributed by atoms with Crippen LogP contribution in [-0.2, 0) is 4.79 Å². The van der Waals surface area contributed by atoms with Crippen molar-refractivity contribution in [3.8, 4) is 5.75 Å². The Morgan fingerprint density at radius 2 is 2.00 bits per heavy atom. The van der Waals surface area contributed by atoms with Gasteiger partial charge in [-0.05, 0) is 55.2 Å². The number of thiocarbonyl (C=S) groups is 1. The van der Waals surface area contributed by atoms with Crippen LogP contribution in [0.15, 0.2) is 28.7 Å². The number of piperidine rings is 1. The molecule has 6 heteroatoms. The van der Waals surface area contributed by atoms with Crippen LogP contribution in [0.5, 0.6) is 5.75 Å². The summed E-state index contributed by atoms with van der Waals surface area (Å²) in [6.45, 7) is 4.03. The Balaban J connectivity index is 1.74. The third-order valence-electron chi connectivity index (χ3n) is 3.50. The molecule has 1 saturated heterocycles. The van der Waals surface area contributed by atoms with Gasteiger partial charge >= 0.3 is 0 Å². The van der Waals surface area contributed by atoms with Gasteiger partial charge in [0.1, 0.15) is 5.75 Å². The molecule has 1 aromatic carbocycles. The third-order valence-corrected chi connectivity index (χ3v) is 4.39. The van der Waals surface area contributed by atoms with Gasteiger partial charge in [0.15, 0.2) is 11.7 Å². The molecular formula is C15H19BrN2O2S. The van der Waals surface area contributed by atoms with E-state index in [2.05, 4.69) is 28.2 Å². The number of carbonyl (C=O) groups is 1. The molecule has 0 unspecified atom stereocenters. The normalized spacial score (nSPS) is 15.6. The number of rotatable bonds is 3. The fourth-order valence-corrected chi connectivity index (χ4v) is 2.69. The monoisotopic (exact) mass is 370 g/mol. The van der Waals surface area contributed by atoms with Crippen LogP contribution in [-0.4, -0.2) is 35.6 Å².